The number of carbonyl (C=O) groups excluding carboxylic acids is 2. The molecule has 1 atom stereocenters. The van der Waals surface area contributed by atoms with Crippen LogP contribution < -0.4 is 14.4 Å². The maximum absolute atomic E-state index is 12.7. The van der Waals surface area contributed by atoms with Crippen LogP contribution in [0.4, 0.5) is 11.4 Å². The van der Waals surface area contributed by atoms with Crippen LogP contribution in [0.1, 0.15) is 6.42 Å². The van der Waals surface area contributed by atoms with Crippen LogP contribution in [0.3, 0.4) is 0 Å². The first-order chi connectivity index (χ1) is 14.5. The smallest absolute Gasteiger partial charge is 0.316 e. The third kappa shape index (κ3) is 3.52. The first-order valence-electron chi connectivity index (χ1n) is 9.16. The number of esters is 1. The summed E-state index contributed by atoms with van der Waals surface area (Å²) in [4.78, 5) is 41.4. The number of amides is 1. The number of anilines is 1. The van der Waals surface area contributed by atoms with Crippen LogP contribution in [-0.4, -0.2) is 35.4 Å². The summed E-state index contributed by atoms with van der Waals surface area (Å²) in [6, 6.07) is 12.9. The van der Waals surface area contributed by atoms with Crippen molar-refractivity contribution >= 4 is 34.2 Å². The molecule has 0 N–H and O–H groups in total. The second kappa shape index (κ2) is 7.78. The van der Waals surface area contributed by atoms with Crippen LogP contribution in [0.25, 0.3) is 10.9 Å². The van der Waals surface area contributed by atoms with Gasteiger partial charge in [-0.3, -0.25) is 24.7 Å². The lowest BCUT2D eigenvalue weighted by molar-refractivity contribution is -0.384. The summed E-state index contributed by atoms with van der Waals surface area (Å²) in [5, 5.41) is 11.8. The third-order valence-electron chi connectivity index (χ3n) is 4.93. The Morgan fingerprint density at radius 2 is 2.00 bits per heavy atom. The Balaban J connectivity index is 1.55. The standard InChI is InChI=1S/C21H17N3O6/c1-29-18-11-15(24(27)28)7-8-16(18)23-12-14(10-19(23)25)21(26)30-17-6-2-4-13-5-3-9-22-20(13)17/h2-9,11,14H,10,12H2,1H3/t14-/m1/s1. The first kappa shape index (κ1) is 19.3. The third-order valence-corrected chi connectivity index (χ3v) is 4.93. The fourth-order valence-electron chi connectivity index (χ4n) is 3.45. The van der Waals surface area contributed by atoms with Gasteiger partial charge in [0.1, 0.15) is 11.3 Å². The number of hydrogen-bond acceptors (Lipinski definition) is 7. The molecule has 1 fully saturated rings. The highest BCUT2D eigenvalue weighted by molar-refractivity contribution is 6.01. The van der Waals surface area contributed by atoms with E-state index in [4.69, 9.17) is 9.47 Å². The molecule has 0 bridgehead atoms. The predicted molar refractivity (Wildman–Crippen MR) is 107 cm³/mol. The largest absolute Gasteiger partial charge is 0.494 e. The normalized spacial score (nSPS) is 16.0. The van der Waals surface area contributed by atoms with Gasteiger partial charge in [-0.25, -0.2) is 0 Å². The van der Waals surface area contributed by atoms with E-state index >= 15 is 0 Å². The Morgan fingerprint density at radius 1 is 1.20 bits per heavy atom. The fraction of sp³-hybridized carbons (Fsp3) is 0.190. The van der Waals surface area contributed by atoms with E-state index in [1.165, 1.54) is 30.2 Å². The Hall–Kier alpha value is -4.01. The zero-order valence-electron chi connectivity index (χ0n) is 16.0. The van der Waals surface area contributed by atoms with E-state index in [9.17, 15) is 19.7 Å². The highest BCUT2D eigenvalue weighted by Gasteiger charge is 2.38. The number of non-ortho nitro benzene ring substituents is 1. The van der Waals surface area contributed by atoms with Gasteiger partial charge in [-0.05, 0) is 18.2 Å². The summed E-state index contributed by atoms with van der Waals surface area (Å²) in [5.74, 6) is -0.997. The van der Waals surface area contributed by atoms with Crippen molar-refractivity contribution in [3.63, 3.8) is 0 Å². The number of carbonyl (C=O) groups is 2. The zero-order chi connectivity index (χ0) is 21.3. The number of nitrogens with zero attached hydrogens (tertiary/aromatic N) is 3. The van der Waals surface area contributed by atoms with Gasteiger partial charge in [0.05, 0.1) is 29.7 Å². The molecular formula is C21H17N3O6. The van der Waals surface area contributed by atoms with Gasteiger partial charge in [-0.2, -0.15) is 0 Å². The Bertz CT molecular complexity index is 1160. The van der Waals surface area contributed by atoms with Gasteiger partial charge in [0, 0.05) is 30.6 Å². The number of aromatic nitrogens is 1. The first-order valence-corrected chi connectivity index (χ1v) is 9.16. The number of methoxy groups -OCH3 is 1. The molecule has 4 rings (SSSR count). The molecule has 30 heavy (non-hydrogen) atoms. The lowest BCUT2D eigenvalue weighted by atomic mass is 10.1. The van der Waals surface area contributed by atoms with E-state index in [2.05, 4.69) is 4.98 Å². The number of nitro benzene ring substituents is 1. The van der Waals surface area contributed by atoms with Crippen LogP contribution in [0, 0.1) is 16.0 Å². The highest BCUT2D eigenvalue weighted by atomic mass is 16.6. The summed E-state index contributed by atoms with van der Waals surface area (Å²) in [5.41, 5.74) is 0.781. The number of nitro groups is 1. The molecule has 1 aliphatic rings. The van der Waals surface area contributed by atoms with Gasteiger partial charge in [0.2, 0.25) is 5.91 Å². The number of pyridine rings is 1. The topological polar surface area (TPSA) is 112 Å². The molecule has 2 aromatic carbocycles. The summed E-state index contributed by atoms with van der Waals surface area (Å²) in [6.07, 6.45) is 1.58. The lowest BCUT2D eigenvalue weighted by Gasteiger charge is -2.19. The molecule has 0 radical (unpaired) electrons. The monoisotopic (exact) mass is 407 g/mol. The molecule has 2 heterocycles. The predicted octanol–water partition coefficient (Wildman–Crippen LogP) is 3.11. The minimum Gasteiger partial charge on any atom is -0.494 e. The SMILES string of the molecule is COc1cc([N+](=O)[O-])ccc1N1C[C@H](C(=O)Oc2cccc3cccnc23)CC1=O. The second-order valence-corrected chi connectivity index (χ2v) is 6.77. The molecule has 1 amide bonds. The Kier molecular flexibility index (Phi) is 5.01. The minimum atomic E-state index is -0.684. The molecule has 1 saturated heterocycles. The van der Waals surface area contributed by atoms with Gasteiger partial charge >= 0.3 is 5.97 Å². The average molecular weight is 407 g/mol. The number of benzene rings is 2. The summed E-state index contributed by atoms with van der Waals surface area (Å²) in [7, 11) is 1.36. The lowest BCUT2D eigenvalue weighted by Crippen LogP contribution is -2.27. The van der Waals surface area contributed by atoms with E-state index < -0.39 is 16.8 Å². The van der Waals surface area contributed by atoms with Crippen molar-refractivity contribution in [2.75, 3.05) is 18.6 Å². The molecule has 0 unspecified atom stereocenters. The molecule has 152 valence electrons. The van der Waals surface area contributed by atoms with E-state index in [1.54, 1.807) is 24.4 Å². The molecule has 9 nitrogen and oxygen atoms in total. The molecule has 0 aliphatic carbocycles. The maximum atomic E-state index is 12.7. The number of fused-ring (bicyclic) bond motifs is 1. The van der Waals surface area contributed by atoms with Crippen molar-refractivity contribution in [3.8, 4) is 11.5 Å². The number of hydrogen-bond donors (Lipinski definition) is 0. The number of rotatable bonds is 5. The maximum Gasteiger partial charge on any atom is 0.316 e. The summed E-state index contributed by atoms with van der Waals surface area (Å²) in [6.45, 7) is 0.0873. The molecule has 0 saturated carbocycles. The van der Waals surface area contributed by atoms with Gasteiger partial charge in [0.15, 0.2) is 5.75 Å². The van der Waals surface area contributed by atoms with E-state index in [0.717, 1.165) is 5.39 Å². The van der Waals surface area contributed by atoms with Crippen LogP contribution in [0.15, 0.2) is 54.7 Å². The second-order valence-electron chi connectivity index (χ2n) is 6.77. The minimum absolute atomic E-state index is 0.0306. The van der Waals surface area contributed by atoms with Gasteiger partial charge in [0.25, 0.3) is 5.69 Å². The van der Waals surface area contributed by atoms with Gasteiger partial charge in [-0.1, -0.05) is 18.2 Å². The molecule has 3 aromatic rings. The van der Waals surface area contributed by atoms with Crippen molar-refractivity contribution in [2.24, 2.45) is 5.92 Å². The van der Waals surface area contributed by atoms with Gasteiger partial charge < -0.3 is 14.4 Å². The van der Waals surface area contributed by atoms with Crippen molar-refractivity contribution in [1.29, 1.82) is 0 Å². The van der Waals surface area contributed by atoms with Crippen molar-refractivity contribution in [3.05, 3.63) is 64.8 Å². The zero-order valence-corrected chi connectivity index (χ0v) is 16.0. The average Bonchev–Trinajstić information content (AvgIpc) is 3.15. The van der Waals surface area contributed by atoms with Crippen molar-refractivity contribution in [1.82, 2.24) is 4.98 Å². The van der Waals surface area contributed by atoms with Crippen LogP contribution in [-0.2, 0) is 9.59 Å². The highest BCUT2D eigenvalue weighted by Crippen LogP contribution is 2.36. The number of ether oxygens (including phenoxy) is 2. The molecule has 1 aromatic heterocycles. The molecule has 9 heteroatoms. The Labute approximate surface area is 171 Å². The fourth-order valence-corrected chi connectivity index (χ4v) is 3.45. The van der Waals surface area contributed by atoms with Gasteiger partial charge in [-0.15, -0.1) is 0 Å². The molecule has 1 aliphatic heterocycles. The van der Waals surface area contributed by atoms with Crippen LogP contribution in [0.5, 0.6) is 11.5 Å². The number of para-hydroxylation sites is 1. The summed E-state index contributed by atoms with van der Waals surface area (Å²) >= 11 is 0. The quantitative estimate of drug-likeness (QED) is 0.276. The van der Waals surface area contributed by atoms with Crippen LogP contribution in [0.2, 0.25) is 0 Å². The van der Waals surface area contributed by atoms with E-state index in [-0.39, 0.29) is 30.3 Å². The van der Waals surface area contributed by atoms with Crippen molar-refractivity contribution in [2.45, 2.75) is 6.42 Å². The van der Waals surface area contributed by atoms with Crippen LogP contribution >= 0.6 is 0 Å². The summed E-state index contributed by atoms with van der Waals surface area (Å²) < 4.78 is 10.8. The molecular weight excluding hydrogens is 390 g/mol. The molecule has 0 spiro atoms. The Morgan fingerprint density at radius 3 is 2.77 bits per heavy atom. The van der Waals surface area contributed by atoms with E-state index in [1.807, 2.05) is 12.1 Å². The van der Waals surface area contributed by atoms with Crippen molar-refractivity contribution < 1.29 is 24.0 Å². The van der Waals surface area contributed by atoms with E-state index in [0.29, 0.717) is 17.0 Å².